The third-order valence-electron chi connectivity index (χ3n) is 3.64. The van der Waals surface area contributed by atoms with Crippen LogP contribution >= 0.6 is 0 Å². The minimum absolute atomic E-state index is 1.21. The fourth-order valence-electron chi connectivity index (χ4n) is 2.87. The first-order valence-corrected chi connectivity index (χ1v) is 17.3. The lowest BCUT2D eigenvalue weighted by Crippen LogP contribution is -2.46. The van der Waals surface area contributed by atoms with Gasteiger partial charge >= 0.3 is 0 Å². The van der Waals surface area contributed by atoms with E-state index in [4.69, 9.17) is 0 Å². The maximum absolute atomic E-state index is 2.74. The highest BCUT2D eigenvalue weighted by atomic mass is 28.4. The van der Waals surface area contributed by atoms with Crippen LogP contribution < -0.4 is 5.19 Å². The Balaban J connectivity index is 3.30. The van der Waals surface area contributed by atoms with Crippen LogP contribution in [0.3, 0.4) is 0 Å². The SMILES string of the molecule is C[Si](C)(C)C(=C[Si](C)(C)c1ccccc1)[Si](C)(C)C. The van der Waals surface area contributed by atoms with Crippen molar-refractivity contribution in [3.05, 3.63) is 40.9 Å². The molecule has 0 fully saturated rings. The molecule has 1 rings (SSSR count). The fourth-order valence-corrected chi connectivity index (χ4v) is 19.4. The topological polar surface area (TPSA) is 0 Å². The zero-order valence-electron chi connectivity index (χ0n) is 14.0. The number of hydrogen-bond acceptors (Lipinski definition) is 0. The monoisotopic (exact) mass is 306 g/mol. The molecule has 0 bridgehead atoms. The van der Waals surface area contributed by atoms with Gasteiger partial charge in [-0.3, -0.25) is 0 Å². The summed E-state index contributed by atoms with van der Waals surface area (Å²) in [7, 11) is -3.87. The fraction of sp³-hybridized carbons (Fsp3) is 0.500. The number of benzene rings is 1. The Hall–Kier alpha value is -0.389. The second-order valence-electron chi connectivity index (χ2n) is 8.15. The van der Waals surface area contributed by atoms with Gasteiger partial charge in [0.15, 0.2) is 0 Å². The van der Waals surface area contributed by atoms with Crippen molar-refractivity contribution in [2.75, 3.05) is 0 Å². The highest BCUT2D eigenvalue weighted by Gasteiger charge is 2.33. The summed E-state index contributed by atoms with van der Waals surface area (Å²) in [5.41, 5.74) is 2.74. The summed E-state index contributed by atoms with van der Waals surface area (Å²) in [6.45, 7) is 20.0. The highest BCUT2D eigenvalue weighted by Crippen LogP contribution is 2.27. The summed E-state index contributed by atoms with van der Waals surface area (Å²) in [5, 5.41) is 1.56. The highest BCUT2D eigenvalue weighted by molar-refractivity contribution is 7.07. The molecule has 1 aromatic carbocycles. The van der Waals surface area contributed by atoms with Crippen LogP contribution in [0, 0.1) is 0 Å². The van der Waals surface area contributed by atoms with Crippen molar-refractivity contribution >= 4 is 29.4 Å². The molecule has 0 saturated carbocycles. The quantitative estimate of drug-likeness (QED) is 0.699. The van der Waals surface area contributed by atoms with Gasteiger partial charge in [0.1, 0.15) is 8.07 Å². The maximum atomic E-state index is 2.74. The molecule has 0 spiro atoms. The average Bonchev–Trinajstić information content (AvgIpc) is 2.24. The third-order valence-corrected chi connectivity index (χ3v) is 15.1. The molecule has 1 aromatic rings. The van der Waals surface area contributed by atoms with E-state index in [-0.39, 0.29) is 0 Å². The second-order valence-corrected chi connectivity index (χ2v) is 23.0. The first kappa shape index (κ1) is 16.7. The predicted octanol–water partition coefficient (Wildman–Crippen LogP) is 4.82. The molecule has 0 aliphatic heterocycles. The van der Waals surface area contributed by atoms with Crippen LogP contribution in [0.15, 0.2) is 40.9 Å². The standard InChI is InChI=1S/C16H30Si3/c1-17(2,3)16(18(4,5)6)14-19(7,8)15-12-10-9-11-13-15/h9-14H,1-8H3. The Morgan fingerprint density at radius 3 is 1.53 bits per heavy atom. The summed E-state index contributed by atoms with van der Waals surface area (Å²) in [6.07, 6.45) is 0. The van der Waals surface area contributed by atoms with Crippen LogP contribution in [-0.2, 0) is 0 Å². The van der Waals surface area contributed by atoms with E-state index in [1.54, 1.807) is 5.19 Å². The van der Waals surface area contributed by atoms with Gasteiger partial charge in [-0.05, 0) is 0 Å². The van der Waals surface area contributed by atoms with Crippen LogP contribution in [0.4, 0.5) is 0 Å². The lowest BCUT2D eigenvalue weighted by Gasteiger charge is -2.34. The summed E-state index contributed by atoms with van der Waals surface area (Å²) in [4.78, 5) is 1.86. The van der Waals surface area contributed by atoms with Crippen LogP contribution in [-0.4, -0.2) is 24.2 Å². The molecule has 0 aromatic heterocycles. The van der Waals surface area contributed by atoms with Crippen molar-refractivity contribution in [3.8, 4) is 0 Å². The van der Waals surface area contributed by atoms with Gasteiger partial charge in [0.25, 0.3) is 0 Å². The molecular weight excluding hydrogens is 276 g/mol. The molecule has 0 unspecified atom stereocenters. The minimum Gasteiger partial charge on any atom is -0.0987 e. The number of rotatable bonds is 4. The summed E-state index contributed by atoms with van der Waals surface area (Å²) in [5.74, 6) is 0. The van der Waals surface area contributed by atoms with Crippen molar-refractivity contribution in [2.24, 2.45) is 0 Å². The van der Waals surface area contributed by atoms with Crippen LogP contribution in [0.2, 0.25) is 52.4 Å². The molecule has 0 amide bonds. The Bertz CT molecular complexity index is 429. The molecule has 0 saturated heterocycles. The van der Waals surface area contributed by atoms with E-state index in [2.05, 4.69) is 88.4 Å². The molecule has 0 N–H and O–H groups in total. The molecule has 0 aliphatic carbocycles. The zero-order chi connectivity index (χ0) is 14.9. The summed E-state index contributed by atoms with van der Waals surface area (Å²) < 4.78 is 0. The van der Waals surface area contributed by atoms with Crippen LogP contribution in [0.25, 0.3) is 0 Å². The van der Waals surface area contributed by atoms with Gasteiger partial charge in [-0.2, -0.15) is 0 Å². The molecular formula is C16H30Si3. The zero-order valence-corrected chi connectivity index (χ0v) is 17.0. The third kappa shape index (κ3) is 4.58. The van der Waals surface area contributed by atoms with E-state index in [9.17, 15) is 0 Å². The van der Waals surface area contributed by atoms with Gasteiger partial charge < -0.3 is 0 Å². The average molecular weight is 307 g/mol. The van der Waals surface area contributed by atoms with Crippen molar-refractivity contribution in [1.29, 1.82) is 0 Å². The van der Waals surface area contributed by atoms with Crippen molar-refractivity contribution in [3.63, 3.8) is 0 Å². The van der Waals surface area contributed by atoms with Gasteiger partial charge in [0.2, 0.25) is 0 Å². The van der Waals surface area contributed by atoms with Gasteiger partial charge in [0, 0.05) is 0 Å². The van der Waals surface area contributed by atoms with Crippen molar-refractivity contribution in [1.82, 2.24) is 0 Å². The molecule has 106 valence electrons. The van der Waals surface area contributed by atoms with E-state index in [1.807, 2.05) is 4.82 Å². The minimum atomic E-state index is -1.45. The van der Waals surface area contributed by atoms with Gasteiger partial charge in [0.05, 0.1) is 16.1 Å². The molecule has 0 atom stereocenters. The van der Waals surface area contributed by atoms with E-state index in [1.165, 1.54) is 0 Å². The maximum Gasteiger partial charge on any atom is 0.103 e. The Kier molecular flexibility index (Phi) is 4.86. The molecule has 0 nitrogen and oxygen atoms in total. The second kappa shape index (κ2) is 5.54. The lowest BCUT2D eigenvalue weighted by molar-refractivity contribution is 1.62. The van der Waals surface area contributed by atoms with Gasteiger partial charge in [-0.1, -0.05) is 98.4 Å². The Labute approximate surface area is 123 Å². The van der Waals surface area contributed by atoms with Gasteiger partial charge in [-0.15, -0.1) is 0 Å². The molecule has 3 heteroatoms. The summed E-state index contributed by atoms with van der Waals surface area (Å²) >= 11 is 0. The van der Waals surface area contributed by atoms with E-state index in [0.717, 1.165) is 0 Å². The largest absolute Gasteiger partial charge is 0.103 e. The first-order chi connectivity index (χ1) is 8.44. The molecule has 0 heterocycles. The first-order valence-electron chi connectivity index (χ1n) is 7.24. The number of hydrogen-bond donors (Lipinski definition) is 0. The van der Waals surface area contributed by atoms with E-state index >= 15 is 0 Å². The Morgan fingerprint density at radius 2 is 1.16 bits per heavy atom. The van der Waals surface area contributed by atoms with E-state index < -0.39 is 24.2 Å². The molecule has 0 aliphatic rings. The molecule has 0 radical (unpaired) electrons. The van der Waals surface area contributed by atoms with Crippen molar-refractivity contribution < 1.29 is 0 Å². The van der Waals surface area contributed by atoms with E-state index in [0.29, 0.717) is 0 Å². The predicted molar refractivity (Wildman–Crippen MR) is 98.3 cm³/mol. The molecule has 19 heavy (non-hydrogen) atoms. The lowest BCUT2D eigenvalue weighted by atomic mass is 10.4. The smallest absolute Gasteiger partial charge is 0.0987 e. The summed E-state index contributed by atoms with van der Waals surface area (Å²) in [6, 6.07) is 11.1. The van der Waals surface area contributed by atoms with Crippen molar-refractivity contribution in [2.45, 2.75) is 52.4 Å². The van der Waals surface area contributed by atoms with Gasteiger partial charge in [-0.25, -0.2) is 0 Å². The Morgan fingerprint density at radius 1 is 0.737 bits per heavy atom. The van der Waals surface area contributed by atoms with Crippen LogP contribution in [0.5, 0.6) is 0 Å². The van der Waals surface area contributed by atoms with Crippen LogP contribution in [0.1, 0.15) is 0 Å². The normalized spacial score (nSPS) is 13.3.